The molecule has 0 aromatic rings. The lowest BCUT2D eigenvalue weighted by molar-refractivity contribution is 0.250. The Hall–Kier alpha value is -0.980. The van der Waals surface area contributed by atoms with Crippen molar-refractivity contribution in [2.45, 2.75) is 33.1 Å². The maximum Gasteiger partial charge on any atom is 0.106 e. The lowest BCUT2D eigenvalue weighted by Gasteiger charge is -1.99. The van der Waals surface area contributed by atoms with Gasteiger partial charge in [-0.2, -0.15) is 0 Å². The molecule has 0 amide bonds. The van der Waals surface area contributed by atoms with Crippen LogP contribution in [0.4, 0.5) is 0 Å². The first-order valence-electron chi connectivity index (χ1n) is 4.88. The molecule has 0 spiro atoms. The second-order valence-corrected chi connectivity index (χ2v) is 2.95. The summed E-state index contributed by atoms with van der Waals surface area (Å²) in [5, 5.41) is 0. The van der Waals surface area contributed by atoms with Crippen LogP contribution in [-0.4, -0.2) is 6.61 Å². The molecule has 0 saturated heterocycles. The summed E-state index contributed by atoms with van der Waals surface area (Å²) in [6.07, 6.45) is 11.6. The van der Waals surface area contributed by atoms with Crippen molar-refractivity contribution in [3.63, 3.8) is 0 Å². The highest BCUT2D eigenvalue weighted by atomic mass is 16.5. The highest BCUT2D eigenvalue weighted by Crippen LogP contribution is 1.98. The van der Waals surface area contributed by atoms with Gasteiger partial charge in [0.2, 0.25) is 0 Å². The second kappa shape index (κ2) is 9.11. The molecule has 0 aromatic carbocycles. The zero-order valence-electron chi connectivity index (χ0n) is 8.75. The first-order valence-corrected chi connectivity index (χ1v) is 4.88. The average Bonchev–Trinajstić information content (AvgIpc) is 2.14. The zero-order valence-corrected chi connectivity index (χ0v) is 8.75. The highest BCUT2D eigenvalue weighted by molar-refractivity contribution is 5.05. The van der Waals surface area contributed by atoms with Crippen molar-refractivity contribution in [2.24, 2.45) is 0 Å². The molecule has 0 rings (SSSR count). The first-order chi connectivity index (χ1) is 6.31. The van der Waals surface area contributed by atoms with Crippen LogP contribution in [0.1, 0.15) is 33.1 Å². The molecule has 0 aliphatic carbocycles. The van der Waals surface area contributed by atoms with E-state index in [0.29, 0.717) is 6.61 Å². The predicted molar refractivity (Wildman–Crippen MR) is 58.6 cm³/mol. The molecular weight excluding hydrogens is 160 g/mol. The van der Waals surface area contributed by atoms with Crippen LogP contribution in [-0.2, 0) is 4.74 Å². The third kappa shape index (κ3) is 8.93. The van der Waals surface area contributed by atoms with Gasteiger partial charge in [-0.15, -0.1) is 0 Å². The molecule has 1 heteroatoms. The number of allylic oxidation sites excluding steroid dienone is 4. The van der Waals surface area contributed by atoms with E-state index >= 15 is 0 Å². The lowest BCUT2D eigenvalue weighted by Crippen LogP contribution is -1.86. The summed E-state index contributed by atoms with van der Waals surface area (Å²) in [4.78, 5) is 0. The normalized spacial score (nSPS) is 12.0. The van der Waals surface area contributed by atoms with Crippen molar-refractivity contribution in [3.05, 3.63) is 36.6 Å². The molecule has 0 unspecified atom stereocenters. The minimum absolute atomic E-state index is 0.588. The maximum absolute atomic E-state index is 5.29. The van der Waals surface area contributed by atoms with Gasteiger partial charge >= 0.3 is 0 Å². The van der Waals surface area contributed by atoms with Crippen molar-refractivity contribution in [3.8, 4) is 0 Å². The summed E-state index contributed by atoms with van der Waals surface area (Å²) < 4.78 is 5.29. The molecule has 0 atom stereocenters. The number of hydrogen-bond donors (Lipinski definition) is 0. The van der Waals surface area contributed by atoms with Crippen LogP contribution in [0.5, 0.6) is 0 Å². The molecule has 0 aliphatic rings. The number of ether oxygens (including phenoxy) is 1. The standard InChI is InChI=1S/C12H20O/c1-4-6-7-8-9-10-12(3)13-11-5-2/h5,8-10H,2,4,6-7,11H2,1,3H3. The summed E-state index contributed by atoms with van der Waals surface area (Å²) in [6.45, 7) is 8.32. The minimum Gasteiger partial charge on any atom is -0.494 e. The van der Waals surface area contributed by atoms with Crippen LogP contribution in [0.3, 0.4) is 0 Å². The molecule has 74 valence electrons. The van der Waals surface area contributed by atoms with E-state index in [0.717, 1.165) is 12.2 Å². The molecule has 0 fully saturated rings. The summed E-state index contributed by atoms with van der Waals surface area (Å²) in [7, 11) is 0. The van der Waals surface area contributed by atoms with Crippen LogP contribution >= 0.6 is 0 Å². The van der Waals surface area contributed by atoms with E-state index in [-0.39, 0.29) is 0 Å². The van der Waals surface area contributed by atoms with Gasteiger partial charge in [0.15, 0.2) is 0 Å². The van der Waals surface area contributed by atoms with Crippen molar-refractivity contribution in [1.29, 1.82) is 0 Å². The first kappa shape index (κ1) is 12.0. The summed E-state index contributed by atoms with van der Waals surface area (Å²) in [5.41, 5.74) is 0. The van der Waals surface area contributed by atoms with Crippen molar-refractivity contribution in [1.82, 2.24) is 0 Å². The molecule has 0 N–H and O–H groups in total. The van der Waals surface area contributed by atoms with Crippen molar-refractivity contribution < 1.29 is 4.74 Å². The lowest BCUT2D eigenvalue weighted by atomic mass is 10.2. The Labute approximate surface area is 81.8 Å². The van der Waals surface area contributed by atoms with Crippen LogP contribution in [0.25, 0.3) is 0 Å². The van der Waals surface area contributed by atoms with Gasteiger partial charge in [-0.25, -0.2) is 0 Å². The Bertz CT molecular complexity index is 178. The third-order valence-corrected chi connectivity index (χ3v) is 1.62. The van der Waals surface area contributed by atoms with Gasteiger partial charge in [0.05, 0.1) is 5.76 Å². The van der Waals surface area contributed by atoms with Gasteiger partial charge < -0.3 is 4.74 Å². The van der Waals surface area contributed by atoms with E-state index in [1.807, 2.05) is 19.1 Å². The van der Waals surface area contributed by atoms with Gasteiger partial charge in [-0.05, 0) is 19.4 Å². The van der Waals surface area contributed by atoms with E-state index in [1.54, 1.807) is 6.08 Å². The van der Waals surface area contributed by atoms with E-state index in [4.69, 9.17) is 4.74 Å². The summed E-state index contributed by atoms with van der Waals surface area (Å²) in [6, 6.07) is 0. The van der Waals surface area contributed by atoms with Crippen molar-refractivity contribution >= 4 is 0 Å². The monoisotopic (exact) mass is 180 g/mol. The molecule has 0 radical (unpaired) electrons. The van der Waals surface area contributed by atoms with Crippen LogP contribution in [0.15, 0.2) is 36.6 Å². The molecule has 0 aliphatic heterocycles. The van der Waals surface area contributed by atoms with Gasteiger partial charge in [0, 0.05) is 0 Å². The highest BCUT2D eigenvalue weighted by Gasteiger charge is 1.83. The molecular formula is C12H20O. The fourth-order valence-electron chi connectivity index (χ4n) is 0.860. The predicted octanol–water partition coefficient (Wildman–Crippen LogP) is 3.84. The fourth-order valence-corrected chi connectivity index (χ4v) is 0.860. The number of hydrogen-bond acceptors (Lipinski definition) is 1. The van der Waals surface area contributed by atoms with E-state index in [2.05, 4.69) is 19.6 Å². The Morgan fingerprint density at radius 2 is 2.23 bits per heavy atom. The SMILES string of the molecule is C=CCOC(C)=CC=CCCCC. The molecule has 0 saturated carbocycles. The maximum atomic E-state index is 5.29. The summed E-state index contributed by atoms with van der Waals surface area (Å²) >= 11 is 0. The minimum atomic E-state index is 0.588. The third-order valence-electron chi connectivity index (χ3n) is 1.62. The second-order valence-electron chi connectivity index (χ2n) is 2.95. The Morgan fingerprint density at radius 3 is 2.85 bits per heavy atom. The Morgan fingerprint density at radius 1 is 1.46 bits per heavy atom. The molecule has 13 heavy (non-hydrogen) atoms. The quantitative estimate of drug-likeness (QED) is 0.250. The largest absolute Gasteiger partial charge is 0.494 e. The molecule has 0 heterocycles. The number of rotatable bonds is 7. The fraction of sp³-hybridized carbons (Fsp3) is 0.500. The van der Waals surface area contributed by atoms with Crippen LogP contribution < -0.4 is 0 Å². The molecule has 1 nitrogen and oxygen atoms in total. The van der Waals surface area contributed by atoms with Gasteiger partial charge in [0.25, 0.3) is 0 Å². The Kier molecular flexibility index (Phi) is 8.42. The number of unbranched alkanes of at least 4 members (excludes halogenated alkanes) is 2. The van der Waals surface area contributed by atoms with E-state index in [1.165, 1.54) is 12.8 Å². The molecule has 0 aromatic heterocycles. The van der Waals surface area contributed by atoms with Gasteiger partial charge in [-0.3, -0.25) is 0 Å². The zero-order chi connectivity index (χ0) is 9.94. The van der Waals surface area contributed by atoms with Crippen LogP contribution in [0, 0.1) is 0 Å². The van der Waals surface area contributed by atoms with Crippen molar-refractivity contribution in [2.75, 3.05) is 6.61 Å². The Balaban J connectivity index is 3.55. The van der Waals surface area contributed by atoms with Crippen LogP contribution in [0.2, 0.25) is 0 Å². The van der Waals surface area contributed by atoms with E-state index < -0.39 is 0 Å². The van der Waals surface area contributed by atoms with E-state index in [9.17, 15) is 0 Å². The smallest absolute Gasteiger partial charge is 0.106 e. The summed E-state index contributed by atoms with van der Waals surface area (Å²) in [5.74, 6) is 0.938. The molecule has 0 bridgehead atoms. The van der Waals surface area contributed by atoms with Gasteiger partial charge in [-0.1, -0.05) is 44.6 Å². The average molecular weight is 180 g/mol. The van der Waals surface area contributed by atoms with Gasteiger partial charge in [0.1, 0.15) is 6.61 Å². The topological polar surface area (TPSA) is 9.23 Å².